The van der Waals surface area contributed by atoms with Gasteiger partial charge in [-0.05, 0) is 24.8 Å². The predicted octanol–water partition coefficient (Wildman–Crippen LogP) is 2.40. The highest BCUT2D eigenvalue weighted by molar-refractivity contribution is 5.97. The number of nitrogens with two attached hydrogens (primary N) is 1. The molecule has 0 bridgehead atoms. The summed E-state index contributed by atoms with van der Waals surface area (Å²) in [7, 11) is 1.31. The van der Waals surface area contributed by atoms with Gasteiger partial charge in [0.25, 0.3) is 0 Å². The standard InChI is InChI=1S/C21H22F3N3O4/c1-31-19-16-11(18(28)12(20(29)30)7-27(16)15-4-13(15)23)3-14(24)17(19)26-6-9-2-10(22)5-21(9,25)8-26/h3,7,9-10,13,15H,2,4-6,8,25H2,1H3,(H,29,30)/t9-,10?,13-,15+,21-/m0/s1. The Bertz CT molecular complexity index is 1170. The Kier molecular flexibility index (Phi) is 4.31. The van der Waals surface area contributed by atoms with Gasteiger partial charge in [0, 0.05) is 31.2 Å². The third-order valence-electron chi connectivity index (χ3n) is 6.87. The van der Waals surface area contributed by atoms with E-state index < -0.39 is 46.7 Å². The van der Waals surface area contributed by atoms with Crippen molar-refractivity contribution in [3.8, 4) is 5.75 Å². The van der Waals surface area contributed by atoms with Crippen LogP contribution >= 0.6 is 0 Å². The van der Waals surface area contributed by atoms with Crippen molar-refractivity contribution in [2.45, 2.75) is 43.2 Å². The molecule has 2 aromatic rings. The molecule has 3 N–H and O–H groups in total. The molecule has 7 nitrogen and oxygen atoms in total. The summed E-state index contributed by atoms with van der Waals surface area (Å²) in [5.41, 5.74) is 4.39. The molecule has 10 heteroatoms. The highest BCUT2D eigenvalue weighted by Gasteiger charge is 2.52. The van der Waals surface area contributed by atoms with Gasteiger partial charge in [0.05, 0.1) is 24.1 Å². The predicted molar refractivity (Wildman–Crippen MR) is 107 cm³/mol. The lowest BCUT2D eigenvalue weighted by molar-refractivity contribution is 0.0694. The molecular weight excluding hydrogens is 415 g/mol. The van der Waals surface area contributed by atoms with Crippen molar-refractivity contribution < 1.29 is 27.8 Å². The number of ether oxygens (including phenoxy) is 1. The monoisotopic (exact) mass is 437 g/mol. The summed E-state index contributed by atoms with van der Waals surface area (Å²) in [6, 6.07) is 0.308. The Hall–Kier alpha value is -2.75. The SMILES string of the molecule is COc1c(N2C[C@@H]3CC(F)C[C@]3(N)C2)c(F)cc2c(=O)c(C(=O)O)cn([C@@H]3C[C@@H]3F)c12. The lowest BCUT2D eigenvalue weighted by atomic mass is 9.92. The van der Waals surface area contributed by atoms with E-state index in [1.54, 1.807) is 4.90 Å². The first kappa shape index (κ1) is 20.2. The fourth-order valence-corrected chi connectivity index (χ4v) is 5.30. The van der Waals surface area contributed by atoms with E-state index in [4.69, 9.17) is 10.5 Å². The fraction of sp³-hybridized carbons (Fsp3) is 0.524. The van der Waals surface area contributed by atoms with Gasteiger partial charge in [0.1, 0.15) is 23.6 Å². The lowest BCUT2D eigenvalue weighted by Crippen LogP contribution is -2.44. The number of carboxylic acid groups (broad SMARTS) is 1. The first-order valence-electron chi connectivity index (χ1n) is 10.1. The average molecular weight is 437 g/mol. The number of hydrogen-bond donors (Lipinski definition) is 2. The number of rotatable bonds is 4. The van der Waals surface area contributed by atoms with Crippen molar-refractivity contribution in [3.63, 3.8) is 0 Å². The zero-order valence-electron chi connectivity index (χ0n) is 16.8. The molecule has 31 heavy (non-hydrogen) atoms. The molecule has 5 rings (SSSR count). The summed E-state index contributed by atoms with van der Waals surface area (Å²) >= 11 is 0. The lowest BCUT2D eigenvalue weighted by Gasteiger charge is -2.27. The van der Waals surface area contributed by atoms with Crippen molar-refractivity contribution in [1.29, 1.82) is 0 Å². The Morgan fingerprint density at radius 1 is 1.35 bits per heavy atom. The molecule has 3 fully saturated rings. The van der Waals surface area contributed by atoms with E-state index >= 15 is 4.39 Å². The van der Waals surface area contributed by atoms with E-state index in [0.29, 0.717) is 13.0 Å². The molecule has 2 saturated carbocycles. The number of fused-ring (bicyclic) bond motifs is 2. The topological polar surface area (TPSA) is 97.8 Å². The van der Waals surface area contributed by atoms with E-state index in [2.05, 4.69) is 0 Å². The van der Waals surface area contributed by atoms with Crippen molar-refractivity contribution in [1.82, 2.24) is 4.57 Å². The van der Waals surface area contributed by atoms with Gasteiger partial charge in [0.2, 0.25) is 5.43 Å². The quantitative estimate of drug-likeness (QED) is 0.763. The van der Waals surface area contributed by atoms with Crippen LogP contribution in [-0.2, 0) is 0 Å². The summed E-state index contributed by atoms with van der Waals surface area (Å²) in [6.45, 7) is 0.534. The minimum Gasteiger partial charge on any atom is -0.492 e. The Labute approximate surface area is 175 Å². The van der Waals surface area contributed by atoms with Gasteiger partial charge in [-0.15, -0.1) is 0 Å². The molecule has 0 radical (unpaired) electrons. The van der Waals surface area contributed by atoms with Crippen LogP contribution in [0.4, 0.5) is 18.9 Å². The second-order valence-electron chi connectivity index (χ2n) is 8.89. The maximum atomic E-state index is 15.3. The van der Waals surface area contributed by atoms with Crippen LogP contribution in [0, 0.1) is 11.7 Å². The summed E-state index contributed by atoms with van der Waals surface area (Å²) in [6.07, 6.45) is -0.463. The number of aromatic carboxylic acids is 1. The molecule has 3 aliphatic rings. The Morgan fingerprint density at radius 2 is 2.06 bits per heavy atom. The number of carbonyl (C=O) groups is 1. The minimum atomic E-state index is -1.47. The first-order chi connectivity index (χ1) is 14.6. The maximum Gasteiger partial charge on any atom is 0.341 e. The molecule has 2 aliphatic carbocycles. The number of hydrogen-bond acceptors (Lipinski definition) is 5. The van der Waals surface area contributed by atoms with E-state index in [9.17, 15) is 23.5 Å². The van der Waals surface area contributed by atoms with E-state index in [-0.39, 0.29) is 47.6 Å². The van der Waals surface area contributed by atoms with E-state index in [1.807, 2.05) is 0 Å². The van der Waals surface area contributed by atoms with Gasteiger partial charge in [0.15, 0.2) is 11.6 Å². The van der Waals surface area contributed by atoms with Crippen LogP contribution in [0.5, 0.6) is 5.75 Å². The van der Waals surface area contributed by atoms with Crippen LogP contribution in [0.3, 0.4) is 0 Å². The molecule has 5 atom stereocenters. The largest absolute Gasteiger partial charge is 0.492 e. The van der Waals surface area contributed by atoms with Gasteiger partial charge in [-0.3, -0.25) is 4.79 Å². The number of anilines is 1. The maximum absolute atomic E-state index is 15.3. The molecule has 1 aromatic carbocycles. The molecular formula is C21H22F3N3O4. The molecule has 1 unspecified atom stereocenters. The van der Waals surface area contributed by atoms with Crippen LogP contribution in [0.2, 0.25) is 0 Å². The normalized spacial score (nSPS) is 31.8. The van der Waals surface area contributed by atoms with Crippen LogP contribution < -0.4 is 20.8 Å². The highest BCUT2D eigenvalue weighted by atomic mass is 19.1. The van der Waals surface area contributed by atoms with Crippen LogP contribution in [0.25, 0.3) is 10.9 Å². The number of methoxy groups -OCH3 is 1. The molecule has 1 aromatic heterocycles. The molecule has 2 heterocycles. The smallest absolute Gasteiger partial charge is 0.341 e. The number of benzene rings is 1. The van der Waals surface area contributed by atoms with Crippen LogP contribution in [-0.4, -0.2) is 53.7 Å². The van der Waals surface area contributed by atoms with Crippen molar-refractivity contribution in [2.24, 2.45) is 11.7 Å². The Morgan fingerprint density at radius 3 is 2.65 bits per heavy atom. The summed E-state index contributed by atoms with van der Waals surface area (Å²) in [4.78, 5) is 26.0. The fourth-order valence-electron chi connectivity index (χ4n) is 5.30. The van der Waals surface area contributed by atoms with E-state index in [0.717, 1.165) is 12.3 Å². The number of pyridine rings is 1. The highest BCUT2D eigenvalue weighted by Crippen LogP contribution is 2.48. The zero-order valence-corrected chi connectivity index (χ0v) is 16.8. The van der Waals surface area contributed by atoms with E-state index in [1.165, 1.54) is 11.7 Å². The van der Waals surface area contributed by atoms with Gasteiger partial charge >= 0.3 is 5.97 Å². The van der Waals surface area contributed by atoms with Gasteiger partial charge in [-0.25, -0.2) is 18.0 Å². The second kappa shape index (κ2) is 6.62. The minimum absolute atomic E-state index is 0.0171. The molecule has 1 saturated heterocycles. The Balaban J connectivity index is 1.73. The van der Waals surface area contributed by atoms with Crippen LogP contribution in [0.1, 0.15) is 35.7 Å². The summed E-state index contributed by atoms with van der Waals surface area (Å²) in [5, 5.41) is 9.21. The molecule has 1 aliphatic heterocycles. The molecule has 166 valence electrons. The van der Waals surface area contributed by atoms with Gasteiger partial charge in [-0.2, -0.15) is 0 Å². The van der Waals surface area contributed by atoms with Gasteiger partial charge < -0.3 is 25.0 Å². The summed E-state index contributed by atoms with van der Waals surface area (Å²) in [5.74, 6) is -2.39. The third kappa shape index (κ3) is 2.91. The molecule has 0 amide bonds. The number of carboxylic acids is 1. The van der Waals surface area contributed by atoms with Crippen molar-refractivity contribution >= 4 is 22.6 Å². The number of nitrogens with zero attached hydrogens (tertiary/aromatic N) is 2. The van der Waals surface area contributed by atoms with Crippen molar-refractivity contribution in [3.05, 3.63) is 33.9 Å². The van der Waals surface area contributed by atoms with Crippen molar-refractivity contribution in [2.75, 3.05) is 25.1 Å². The third-order valence-corrected chi connectivity index (χ3v) is 6.87. The number of alkyl halides is 2. The number of halogens is 3. The second-order valence-corrected chi connectivity index (χ2v) is 8.89. The average Bonchev–Trinajstić information content (AvgIpc) is 3.23. The molecule has 0 spiro atoms. The van der Waals surface area contributed by atoms with Crippen LogP contribution in [0.15, 0.2) is 17.1 Å². The van der Waals surface area contributed by atoms with Gasteiger partial charge in [-0.1, -0.05) is 0 Å². The number of aromatic nitrogens is 1. The summed E-state index contributed by atoms with van der Waals surface area (Å²) < 4.78 is 50.0. The zero-order chi connectivity index (χ0) is 22.2. The first-order valence-corrected chi connectivity index (χ1v) is 10.1.